The summed E-state index contributed by atoms with van der Waals surface area (Å²) in [5.41, 5.74) is 0.882. The Morgan fingerprint density at radius 1 is 0.903 bits per heavy atom. The van der Waals surface area contributed by atoms with Gasteiger partial charge in [0.15, 0.2) is 29.0 Å². The molecule has 3 aromatic rings. The monoisotopic (exact) mass is 432 g/mol. The van der Waals surface area contributed by atoms with Gasteiger partial charge in [0.05, 0.1) is 11.1 Å². The first-order valence-corrected chi connectivity index (χ1v) is 9.05. The normalized spacial score (nSPS) is 14.0. The zero-order chi connectivity index (χ0) is 22.3. The molecular weight excluding hydrogens is 419 g/mol. The van der Waals surface area contributed by atoms with E-state index < -0.39 is 41.3 Å². The zero-order valence-corrected chi connectivity index (χ0v) is 15.9. The Balaban J connectivity index is 1.57. The van der Waals surface area contributed by atoms with Gasteiger partial charge in [0.1, 0.15) is 18.1 Å². The number of aryl methyl sites for hydroxylation is 1. The van der Waals surface area contributed by atoms with E-state index in [0.717, 1.165) is 11.1 Å². The fourth-order valence-electron chi connectivity index (χ4n) is 3.08. The third-order valence-corrected chi connectivity index (χ3v) is 4.80. The van der Waals surface area contributed by atoms with Gasteiger partial charge in [0.25, 0.3) is 0 Å². The third-order valence-electron chi connectivity index (χ3n) is 4.80. The SMILES string of the molecule is Cc1ccccc1/C=C1\Oc2cc(OCc3c(F)c(F)c(F)c(F)c3F)ccc2C1=O. The zero-order valence-electron chi connectivity index (χ0n) is 15.9. The topological polar surface area (TPSA) is 35.5 Å². The van der Waals surface area contributed by atoms with Gasteiger partial charge in [-0.2, -0.15) is 0 Å². The van der Waals surface area contributed by atoms with Gasteiger partial charge in [0, 0.05) is 6.07 Å². The number of halogens is 5. The molecule has 0 aromatic heterocycles. The molecule has 1 heterocycles. The summed E-state index contributed by atoms with van der Waals surface area (Å²) in [6.07, 6.45) is 1.59. The molecule has 158 valence electrons. The highest BCUT2D eigenvalue weighted by Crippen LogP contribution is 2.35. The number of allylic oxidation sites excluding steroid dienone is 1. The van der Waals surface area contributed by atoms with Crippen molar-refractivity contribution in [3.8, 4) is 11.5 Å². The van der Waals surface area contributed by atoms with Crippen molar-refractivity contribution in [2.24, 2.45) is 0 Å². The predicted octanol–water partition coefficient (Wildman–Crippen LogP) is 5.89. The third kappa shape index (κ3) is 3.65. The number of carbonyl (C=O) groups excluding carboxylic acids is 1. The summed E-state index contributed by atoms with van der Waals surface area (Å²) in [5.74, 6) is -10.4. The van der Waals surface area contributed by atoms with E-state index in [0.29, 0.717) is 0 Å². The van der Waals surface area contributed by atoms with Crippen molar-refractivity contribution in [1.82, 2.24) is 0 Å². The average molecular weight is 432 g/mol. The number of fused-ring (bicyclic) bond motifs is 1. The largest absolute Gasteiger partial charge is 0.489 e. The van der Waals surface area contributed by atoms with Crippen LogP contribution in [0.3, 0.4) is 0 Å². The summed E-state index contributed by atoms with van der Waals surface area (Å²) in [4.78, 5) is 12.5. The molecule has 4 rings (SSSR count). The fourth-order valence-corrected chi connectivity index (χ4v) is 3.08. The van der Waals surface area contributed by atoms with Crippen molar-refractivity contribution in [1.29, 1.82) is 0 Å². The second kappa shape index (κ2) is 7.86. The molecule has 0 bridgehead atoms. The summed E-state index contributed by atoms with van der Waals surface area (Å²) >= 11 is 0. The molecule has 0 saturated heterocycles. The second-order valence-corrected chi connectivity index (χ2v) is 6.79. The average Bonchev–Trinajstić information content (AvgIpc) is 3.07. The maximum atomic E-state index is 13.8. The highest BCUT2D eigenvalue weighted by molar-refractivity contribution is 6.14. The molecule has 1 aliphatic heterocycles. The van der Waals surface area contributed by atoms with Crippen LogP contribution in [0.15, 0.2) is 48.2 Å². The molecule has 0 unspecified atom stereocenters. The minimum atomic E-state index is -2.24. The van der Waals surface area contributed by atoms with Crippen molar-refractivity contribution < 1.29 is 36.2 Å². The molecule has 0 radical (unpaired) electrons. The van der Waals surface area contributed by atoms with Crippen LogP contribution in [0, 0.1) is 36.0 Å². The number of carbonyl (C=O) groups is 1. The van der Waals surface area contributed by atoms with Crippen LogP contribution in [0.5, 0.6) is 11.5 Å². The van der Waals surface area contributed by atoms with Crippen LogP contribution in [-0.2, 0) is 6.61 Å². The minimum absolute atomic E-state index is 0.0210. The van der Waals surface area contributed by atoms with Gasteiger partial charge in [-0.05, 0) is 36.3 Å². The fraction of sp³-hybridized carbons (Fsp3) is 0.0870. The first-order chi connectivity index (χ1) is 14.8. The number of ether oxygens (including phenoxy) is 2. The Bertz CT molecular complexity index is 1220. The van der Waals surface area contributed by atoms with Crippen LogP contribution >= 0.6 is 0 Å². The minimum Gasteiger partial charge on any atom is -0.489 e. The Hall–Kier alpha value is -3.68. The van der Waals surface area contributed by atoms with Crippen molar-refractivity contribution in [3.63, 3.8) is 0 Å². The lowest BCUT2D eigenvalue weighted by molar-refractivity contribution is 0.101. The Morgan fingerprint density at radius 3 is 2.23 bits per heavy atom. The summed E-state index contributed by atoms with van der Waals surface area (Å²) < 4.78 is 78.1. The lowest BCUT2D eigenvalue weighted by atomic mass is 10.1. The molecule has 31 heavy (non-hydrogen) atoms. The quantitative estimate of drug-likeness (QED) is 0.223. The van der Waals surface area contributed by atoms with Gasteiger partial charge in [-0.3, -0.25) is 4.79 Å². The van der Waals surface area contributed by atoms with Crippen LogP contribution in [0.25, 0.3) is 6.08 Å². The van der Waals surface area contributed by atoms with Crippen LogP contribution in [0.2, 0.25) is 0 Å². The number of ketones is 1. The highest BCUT2D eigenvalue weighted by atomic mass is 19.2. The molecule has 1 aliphatic rings. The second-order valence-electron chi connectivity index (χ2n) is 6.79. The lowest BCUT2D eigenvalue weighted by Gasteiger charge is -2.10. The standard InChI is InChI=1S/C23H13F5O3/c1-11-4-2-3-5-12(11)8-17-23(29)14-7-6-13(9-16(14)31-17)30-10-15-18(24)20(26)22(28)21(27)19(15)25/h2-9H,10H2,1H3/b17-8-. The van der Waals surface area contributed by atoms with E-state index >= 15 is 0 Å². The summed E-state index contributed by atoms with van der Waals surface area (Å²) in [6, 6.07) is 11.4. The molecule has 3 nitrogen and oxygen atoms in total. The Morgan fingerprint density at radius 2 is 1.55 bits per heavy atom. The van der Waals surface area contributed by atoms with Gasteiger partial charge >= 0.3 is 0 Å². The lowest BCUT2D eigenvalue weighted by Crippen LogP contribution is -2.09. The number of hydrogen-bond acceptors (Lipinski definition) is 3. The van der Waals surface area contributed by atoms with Crippen molar-refractivity contribution in [3.05, 3.63) is 99.6 Å². The van der Waals surface area contributed by atoms with E-state index in [4.69, 9.17) is 9.47 Å². The van der Waals surface area contributed by atoms with Gasteiger partial charge < -0.3 is 9.47 Å². The molecule has 8 heteroatoms. The van der Waals surface area contributed by atoms with E-state index in [9.17, 15) is 26.7 Å². The molecule has 0 fully saturated rings. The first kappa shape index (κ1) is 20.6. The summed E-state index contributed by atoms with van der Waals surface area (Å²) in [6.45, 7) is 0.967. The van der Waals surface area contributed by atoms with Crippen LogP contribution in [0.4, 0.5) is 22.0 Å². The highest BCUT2D eigenvalue weighted by Gasteiger charge is 2.29. The number of rotatable bonds is 4. The van der Waals surface area contributed by atoms with Crippen molar-refractivity contribution in [2.45, 2.75) is 13.5 Å². The summed E-state index contributed by atoms with van der Waals surface area (Å²) in [7, 11) is 0. The molecule has 0 aliphatic carbocycles. The van der Waals surface area contributed by atoms with Gasteiger partial charge in [-0.25, -0.2) is 22.0 Å². The molecule has 0 N–H and O–H groups in total. The van der Waals surface area contributed by atoms with E-state index in [2.05, 4.69) is 0 Å². The van der Waals surface area contributed by atoms with E-state index in [1.54, 1.807) is 6.08 Å². The summed E-state index contributed by atoms with van der Waals surface area (Å²) in [5, 5.41) is 0. The molecular formula is C23H13F5O3. The van der Waals surface area contributed by atoms with E-state index in [1.807, 2.05) is 31.2 Å². The molecule has 0 atom stereocenters. The van der Waals surface area contributed by atoms with Gasteiger partial charge in [0.2, 0.25) is 11.6 Å². The first-order valence-electron chi connectivity index (χ1n) is 9.05. The number of Topliss-reactive ketones (excluding diaryl/α,β-unsaturated/α-hetero) is 1. The maximum Gasteiger partial charge on any atom is 0.231 e. The van der Waals surface area contributed by atoms with E-state index in [1.165, 1.54) is 18.2 Å². The molecule has 0 amide bonds. The van der Waals surface area contributed by atoms with Gasteiger partial charge in [-0.1, -0.05) is 24.3 Å². The predicted molar refractivity (Wildman–Crippen MR) is 101 cm³/mol. The Labute approximate surface area is 173 Å². The van der Waals surface area contributed by atoms with Gasteiger partial charge in [-0.15, -0.1) is 0 Å². The number of hydrogen-bond donors (Lipinski definition) is 0. The van der Waals surface area contributed by atoms with Crippen LogP contribution < -0.4 is 9.47 Å². The Kier molecular flexibility index (Phi) is 5.22. The van der Waals surface area contributed by atoms with E-state index in [-0.39, 0.29) is 28.6 Å². The maximum absolute atomic E-state index is 13.8. The molecule has 0 spiro atoms. The van der Waals surface area contributed by atoms with Crippen LogP contribution in [0.1, 0.15) is 27.0 Å². The number of benzene rings is 3. The molecule has 3 aromatic carbocycles. The molecule has 0 saturated carbocycles. The van der Waals surface area contributed by atoms with Crippen molar-refractivity contribution in [2.75, 3.05) is 0 Å². The van der Waals surface area contributed by atoms with Crippen LogP contribution in [-0.4, -0.2) is 5.78 Å². The van der Waals surface area contributed by atoms with Crippen molar-refractivity contribution >= 4 is 11.9 Å². The smallest absolute Gasteiger partial charge is 0.231 e.